The number of nitrogen functional groups attached to an aromatic ring is 1. The molecule has 0 spiro atoms. The van der Waals surface area contributed by atoms with Crippen molar-refractivity contribution in [3.8, 4) is 23.5 Å². The van der Waals surface area contributed by atoms with E-state index in [0.717, 1.165) is 16.6 Å². The smallest absolute Gasteiger partial charge is 0.142 e. The van der Waals surface area contributed by atoms with Crippen molar-refractivity contribution in [3.63, 3.8) is 0 Å². The number of para-hydroxylation sites is 2. The Kier molecular flexibility index (Phi) is 3.05. The zero-order valence-electron chi connectivity index (χ0n) is 12.3. The maximum absolute atomic E-state index is 9.46. The average Bonchev–Trinajstić information content (AvgIpc) is 2.85. The molecule has 2 aromatic carbocycles. The van der Waals surface area contributed by atoms with E-state index in [1.165, 1.54) is 0 Å². The zero-order valence-corrected chi connectivity index (χ0v) is 12.3. The number of nitrogens with zero attached hydrogens (tertiary/aromatic N) is 4. The van der Waals surface area contributed by atoms with Crippen molar-refractivity contribution < 1.29 is 0 Å². The number of fused-ring (bicyclic) bond motifs is 1. The molecule has 0 radical (unpaired) electrons. The van der Waals surface area contributed by atoms with Crippen LogP contribution in [0.1, 0.15) is 16.7 Å². The van der Waals surface area contributed by atoms with Gasteiger partial charge in [-0.25, -0.2) is 4.98 Å². The van der Waals surface area contributed by atoms with Crippen LogP contribution in [0.4, 0.5) is 5.69 Å². The quantitative estimate of drug-likeness (QED) is 0.696. The minimum absolute atomic E-state index is 0.215. The van der Waals surface area contributed by atoms with Crippen molar-refractivity contribution in [2.45, 2.75) is 6.92 Å². The van der Waals surface area contributed by atoms with Gasteiger partial charge >= 0.3 is 0 Å². The first kappa shape index (κ1) is 13.7. The third kappa shape index (κ3) is 1.81. The Bertz CT molecular complexity index is 983. The molecule has 2 N–H and O–H groups in total. The predicted octanol–water partition coefficient (Wildman–Crippen LogP) is 2.87. The first-order valence-corrected chi connectivity index (χ1v) is 6.73. The molecule has 0 amide bonds. The molecule has 106 valence electrons. The van der Waals surface area contributed by atoms with Gasteiger partial charge in [0, 0.05) is 12.6 Å². The van der Waals surface area contributed by atoms with Crippen molar-refractivity contribution >= 4 is 16.7 Å². The fourth-order valence-electron chi connectivity index (χ4n) is 2.67. The minimum Gasteiger partial charge on any atom is -0.397 e. The highest BCUT2D eigenvalue weighted by Gasteiger charge is 2.19. The summed E-state index contributed by atoms with van der Waals surface area (Å²) >= 11 is 0. The number of nitriles is 2. The van der Waals surface area contributed by atoms with E-state index in [1.54, 1.807) is 6.07 Å². The third-order valence-electron chi connectivity index (χ3n) is 3.81. The van der Waals surface area contributed by atoms with Crippen LogP contribution < -0.4 is 5.73 Å². The molecular weight excluding hydrogens is 274 g/mol. The lowest BCUT2D eigenvalue weighted by molar-refractivity contribution is 0.958. The SMILES string of the molecule is Cc1cc(-c2nc3ccccc3n2C)c(C#N)c(N)c1C#N. The van der Waals surface area contributed by atoms with E-state index in [-0.39, 0.29) is 5.69 Å². The van der Waals surface area contributed by atoms with Crippen molar-refractivity contribution in [2.75, 3.05) is 5.73 Å². The number of benzene rings is 2. The molecule has 0 fully saturated rings. The second kappa shape index (κ2) is 4.91. The molecule has 5 heteroatoms. The van der Waals surface area contributed by atoms with Crippen LogP contribution in [0.25, 0.3) is 22.4 Å². The van der Waals surface area contributed by atoms with Crippen molar-refractivity contribution in [2.24, 2.45) is 7.05 Å². The van der Waals surface area contributed by atoms with Crippen LogP contribution in [-0.4, -0.2) is 9.55 Å². The number of hydrogen-bond acceptors (Lipinski definition) is 4. The Morgan fingerprint density at radius 2 is 1.82 bits per heavy atom. The van der Waals surface area contributed by atoms with Gasteiger partial charge in [-0.1, -0.05) is 12.1 Å². The summed E-state index contributed by atoms with van der Waals surface area (Å²) in [5.74, 6) is 0.664. The molecule has 0 aliphatic rings. The van der Waals surface area contributed by atoms with Gasteiger partial charge in [0.15, 0.2) is 0 Å². The van der Waals surface area contributed by atoms with Crippen LogP contribution in [0.5, 0.6) is 0 Å². The van der Waals surface area contributed by atoms with Gasteiger partial charge in [0.05, 0.1) is 27.8 Å². The van der Waals surface area contributed by atoms with Crippen LogP contribution in [0.2, 0.25) is 0 Å². The van der Waals surface area contributed by atoms with Gasteiger partial charge in [-0.3, -0.25) is 0 Å². The molecule has 3 aromatic rings. The number of rotatable bonds is 1. The van der Waals surface area contributed by atoms with Gasteiger partial charge < -0.3 is 10.3 Å². The first-order chi connectivity index (χ1) is 10.6. The Labute approximate surface area is 127 Å². The molecule has 1 aromatic heterocycles. The highest BCUT2D eigenvalue weighted by atomic mass is 15.1. The van der Waals surface area contributed by atoms with E-state index in [1.807, 2.05) is 42.8 Å². The summed E-state index contributed by atoms with van der Waals surface area (Å²) < 4.78 is 1.93. The van der Waals surface area contributed by atoms with Crippen LogP contribution >= 0.6 is 0 Å². The van der Waals surface area contributed by atoms with Gasteiger partial charge in [-0.15, -0.1) is 0 Å². The van der Waals surface area contributed by atoms with Gasteiger partial charge in [-0.05, 0) is 30.7 Å². The number of hydrogen-bond donors (Lipinski definition) is 1. The van der Waals surface area contributed by atoms with Gasteiger partial charge in [0.2, 0.25) is 0 Å². The summed E-state index contributed by atoms with van der Waals surface area (Å²) in [4.78, 5) is 4.60. The van der Waals surface area contributed by atoms with E-state index in [9.17, 15) is 10.5 Å². The van der Waals surface area contributed by atoms with Gasteiger partial charge in [0.1, 0.15) is 18.0 Å². The summed E-state index contributed by atoms with van der Waals surface area (Å²) in [6, 6.07) is 13.7. The Morgan fingerprint density at radius 1 is 1.14 bits per heavy atom. The molecule has 0 saturated carbocycles. The summed E-state index contributed by atoms with van der Waals surface area (Å²) in [5, 5.41) is 18.7. The monoisotopic (exact) mass is 287 g/mol. The van der Waals surface area contributed by atoms with Crippen molar-refractivity contribution in [1.82, 2.24) is 9.55 Å². The summed E-state index contributed by atoms with van der Waals surface area (Å²) in [6.07, 6.45) is 0. The summed E-state index contributed by atoms with van der Waals surface area (Å²) in [5.41, 5.74) is 10.1. The average molecular weight is 287 g/mol. The molecule has 0 bridgehead atoms. The molecule has 0 aliphatic carbocycles. The normalized spacial score (nSPS) is 10.4. The number of aryl methyl sites for hydroxylation is 2. The van der Waals surface area contributed by atoms with Crippen LogP contribution in [0, 0.1) is 29.6 Å². The Hall–Kier alpha value is -3.31. The molecule has 3 rings (SSSR count). The molecule has 0 aliphatic heterocycles. The Balaban J connectivity index is 2.39. The molecular formula is C17H13N5. The lowest BCUT2D eigenvalue weighted by atomic mass is 9.97. The van der Waals surface area contributed by atoms with E-state index >= 15 is 0 Å². The van der Waals surface area contributed by atoms with E-state index in [2.05, 4.69) is 17.1 Å². The van der Waals surface area contributed by atoms with E-state index in [4.69, 9.17) is 5.73 Å². The molecule has 1 heterocycles. The summed E-state index contributed by atoms with van der Waals surface area (Å²) in [6.45, 7) is 1.81. The molecule has 0 unspecified atom stereocenters. The minimum atomic E-state index is 0.215. The highest BCUT2D eigenvalue weighted by molar-refractivity contribution is 5.85. The Morgan fingerprint density at radius 3 is 2.45 bits per heavy atom. The standard InChI is InChI=1S/C17H13N5/c1-10-7-11(13(9-19)16(20)12(10)8-18)17-21-14-5-3-4-6-15(14)22(17)2/h3-7H,20H2,1-2H3. The second-order valence-corrected chi connectivity index (χ2v) is 5.11. The fourth-order valence-corrected chi connectivity index (χ4v) is 2.67. The van der Waals surface area contributed by atoms with Gasteiger partial charge in [-0.2, -0.15) is 10.5 Å². The summed E-state index contributed by atoms with van der Waals surface area (Å²) in [7, 11) is 1.90. The van der Waals surface area contributed by atoms with Crippen molar-refractivity contribution in [3.05, 3.63) is 47.0 Å². The van der Waals surface area contributed by atoms with Crippen molar-refractivity contribution in [1.29, 1.82) is 10.5 Å². The third-order valence-corrected chi connectivity index (χ3v) is 3.81. The zero-order chi connectivity index (χ0) is 15.9. The van der Waals surface area contributed by atoms with Gasteiger partial charge in [0.25, 0.3) is 0 Å². The predicted molar refractivity (Wildman–Crippen MR) is 84.7 cm³/mol. The lowest BCUT2D eigenvalue weighted by Crippen LogP contribution is -2.03. The van der Waals surface area contributed by atoms with Crippen LogP contribution in [0.3, 0.4) is 0 Å². The molecule has 0 atom stereocenters. The molecule has 5 nitrogen and oxygen atoms in total. The highest BCUT2D eigenvalue weighted by Crippen LogP contribution is 2.32. The second-order valence-electron chi connectivity index (χ2n) is 5.11. The topological polar surface area (TPSA) is 91.4 Å². The number of nitrogens with two attached hydrogens (primary N) is 1. The van der Waals surface area contributed by atoms with E-state index < -0.39 is 0 Å². The number of aromatic nitrogens is 2. The largest absolute Gasteiger partial charge is 0.397 e. The maximum Gasteiger partial charge on any atom is 0.142 e. The number of imidazole rings is 1. The van der Waals surface area contributed by atoms with Crippen LogP contribution in [0.15, 0.2) is 30.3 Å². The molecule has 0 saturated heterocycles. The molecule has 22 heavy (non-hydrogen) atoms. The number of anilines is 1. The lowest BCUT2D eigenvalue weighted by Gasteiger charge is -2.10. The van der Waals surface area contributed by atoms with E-state index in [0.29, 0.717) is 22.5 Å². The fraction of sp³-hybridized carbons (Fsp3) is 0.118. The first-order valence-electron chi connectivity index (χ1n) is 6.73. The van der Waals surface area contributed by atoms with Crippen LogP contribution in [-0.2, 0) is 7.05 Å². The maximum atomic E-state index is 9.46.